The first-order valence-corrected chi connectivity index (χ1v) is 8.05. The molecule has 0 fully saturated rings. The largest absolute Gasteiger partial charge is 0.323 e. The van der Waals surface area contributed by atoms with Crippen LogP contribution < -0.4 is 10.9 Å². The summed E-state index contributed by atoms with van der Waals surface area (Å²) in [6.07, 6.45) is 0. The lowest BCUT2D eigenvalue weighted by Gasteiger charge is -2.06. The van der Waals surface area contributed by atoms with E-state index in [2.05, 4.69) is 20.3 Å². The summed E-state index contributed by atoms with van der Waals surface area (Å²) in [4.78, 5) is 34.9. The summed E-state index contributed by atoms with van der Waals surface area (Å²) < 4.78 is 15.2. The first kappa shape index (κ1) is 16.2. The van der Waals surface area contributed by atoms with Crippen LogP contribution in [0.3, 0.4) is 0 Å². The molecule has 3 rings (SSSR count). The van der Waals surface area contributed by atoms with Crippen LogP contribution >= 0.6 is 11.8 Å². The SMILES string of the molecule is Cc1nc2c(nc(SCC(=O)Nc3ccccc3F)n2C)c(=O)[nH]1. The number of imidazole rings is 1. The minimum absolute atomic E-state index is 0.0301. The Morgan fingerprint density at radius 3 is 2.88 bits per heavy atom. The first-order valence-electron chi connectivity index (χ1n) is 7.06. The zero-order chi connectivity index (χ0) is 17.3. The summed E-state index contributed by atoms with van der Waals surface area (Å²) >= 11 is 1.15. The van der Waals surface area contributed by atoms with Crippen LogP contribution in [0.1, 0.15) is 5.82 Å². The number of fused-ring (bicyclic) bond motifs is 1. The number of benzene rings is 1. The Morgan fingerprint density at radius 2 is 2.12 bits per heavy atom. The van der Waals surface area contributed by atoms with Gasteiger partial charge in [-0.1, -0.05) is 23.9 Å². The summed E-state index contributed by atoms with van der Waals surface area (Å²) in [6.45, 7) is 1.68. The van der Waals surface area contributed by atoms with E-state index in [4.69, 9.17) is 0 Å². The van der Waals surface area contributed by atoms with Crippen LogP contribution in [-0.4, -0.2) is 31.2 Å². The van der Waals surface area contributed by atoms with E-state index in [9.17, 15) is 14.0 Å². The smallest absolute Gasteiger partial charge is 0.279 e. The molecule has 0 saturated carbocycles. The molecule has 124 valence electrons. The quantitative estimate of drug-likeness (QED) is 0.703. The summed E-state index contributed by atoms with van der Waals surface area (Å²) in [5.41, 5.74) is 0.478. The second-order valence-corrected chi connectivity index (χ2v) is 6.04. The minimum Gasteiger partial charge on any atom is -0.323 e. The Morgan fingerprint density at radius 1 is 1.38 bits per heavy atom. The zero-order valence-electron chi connectivity index (χ0n) is 13.0. The van der Waals surface area contributed by atoms with Crippen molar-refractivity contribution >= 4 is 34.5 Å². The van der Waals surface area contributed by atoms with Crippen LogP contribution in [0.4, 0.5) is 10.1 Å². The third-order valence-electron chi connectivity index (χ3n) is 3.29. The number of aromatic amines is 1. The van der Waals surface area contributed by atoms with Gasteiger partial charge in [0, 0.05) is 7.05 Å². The molecule has 0 aliphatic carbocycles. The van der Waals surface area contributed by atoms with Crippen LogP contribution in [0.25, 0.3) is 11.2 Å². The van der Waals surface area contributed by atoms with Gasteiger partial charge in [-0.2, -0.15) is 0 Å². The lowest BCUT2D eigenvalue weighted by Crippen LogP contribution is -2.15. The molecule has 0 spiro atoms. The predicted molar refractivity (Wildman–Crippen MR) is 89.6 cm³/mol. The van der Waals surface area contributed by atoms with Gasteiger partial charge >= 0.3 is 0 Å². The van der Waals surface area contributed by atoms with Gasteiger partial charge in [0.25, 0.3) is 5.56 Å². The highest BCUT2D eigenvalue weighted by Crippen LogP contribution is 2.20. The first-order chi connectivity index (χ1) is 11.5. The maximum absolute atomic E-state index is 13.5. The van der Waals surface area contributed by atoms with Gasteiger partial charge in [0.1, 0.15) is 11.6 Å². The number of nitrogens with one attached hydrogen (secondary N) is 2. The molecule has 0 aliphatic rings. The number of para-hydroxylation sites is 1. The monoisotopic (exact) mass is 347 g/mol. The van der Waals surface area contributed by atoms with E-state index >= 15 is 0 Å². The number of halogens is 1. The van der Waals surface area contributed by atoms with Gasteiger partial charge < -0.3 is 14.9 Å². The highest BCUT2D eigenvalue weighted by Gasteiger charge is 2.15. The number of hydrogen-bond acceptors (Lipinski definition) is 5. The molecule has 0 aliphatic heterocycles. The van der Waals surface area contributed by atoms with Crippen LogP contribution in [0.15, 0.2) is 34.2 Å². The Bertz CT molecular complexity index is 982. The van der Waals surface area contributed by atoms with Crippen LogP contribution in [0, 0.1) is 12.7 Å². The summed E-state index contributed by atoms with van der Waals surface area (Å²) in [5.74, 6) is -0.341. The van der Waals surface area contributed by atoms with Gasteiger partial charge in [0.2, 0.25) is 5.91 Å². The van der Waals surface area contributed by atoms with Crippen molar-refractivity contribution in [2.24, 2.45) is 7.05 Å². The third-order valence-corrected chi connectivity index (χ3v) is 4.32. The highest BCUT2D eigenvalue weighted by atomic mass is 32.2. The number of rotatable bonds is 4. The molecule has 0 bridgehead atoms. The molecule has 0 atom stereocenters. The van der Waals surface area contributed by atoms with E-state index in [1.165, 1.54) is 12.1 Å². The Balaban J connectivity index is 1.75. The number of aromatic nitrogens is 4. The molecule has 7 nitrogen and oxygen atoms in total. The fourth-order valence-electron chi connectivity index (χ4n) is 2.17. The molecule has 0 unspecified atom stereocenters. The Labute approximate surface area is 140 Å². The number of thioether (sulfide) groups is 1. The highest BCUT2D eigenvalue weighted by molar-refractivity contribution is 7.99. The van der Waals surface area contributed by atoms with Crippen LogP contribution in [-0.2, 0) is 11.8 Å². The Kier molecular flexibility index (Phi) is 4.34. The molecule has 0 radical (unpaired) electrons. The van der Waals surface area contributed by atoms with E-state index in [1.54, 1.807) is 30.7 Å². The third kappa shape index (κ3) is 3.16. The van der Waals surface area contributed by atoms with Crippen molar-refractivity contribution in [3.8, 4) is 0 Å². The molecule has 1 aromatic carbocycles. The number of H-pyrrole nitrogens is 1. The number of anilines is 1. The number of carbonyl (C=O) groups excluding carboxylic acids is 1. The maximum atomic E-state index is 13.5. The molecule has 24 heavy (non-hydrogen) atoms. The van der Waals surface area contributed by atoms with Gasteiger partial charge in [-0.05, 0) is 19.1 Å². The van der Waals surface area contributed by atoms with E-state index in [0.29, 0.717) is 16.6 Å². The van der Waals surface area contributed by atoms with E-state index < -0.39 is 5.82 Å². The zero-order valence-corrected chi connectivity index (χ0v) is 13.8. The van der Waals surface area contributed by atoms with Crippen LogP contribution in [0.2, 0.25) is 0 Å². The number of carbonyl (C=O) groups is 1. The lowest BCUT2D eigenvalue weighted by molar-refractivity contribution is -0.113. The van der Waals surface area contributed by atoms with E-state index in [-0.39, 0.29) is 28.4 Å². The molecule has 1 amide bonds. The van der Waals surface area contributed by atoms with Crippen molar-refractivity contribution in [1.29, 1.82) is 0 Å². The average Bonchev–Trinajstić information content (AvgIpc) is 2.85. The average molecular weight is 347 g/mol. The maximum Gasteiger partial charge on any atom is 0.279 e. The van der Waals surface area contributed by atoms with Gasteiger partial charge in [-0.25, -0.2) is 14.4 Å². The summed E-state index contributed by atoms with van der Waals surface area (Å²) in [6, 6.07) is 5.94. The van der Waals surface area contributed by atoms with Crippen molar-refractivity contribution < 1.29 is 9.18 Å². The molecular weight excluding hydrogens is 333 g/mol. The standard InChI is InChI=1S/C15H14FN5O2S/c1-8-17-13-12(14(23)18-8)20-15(21(13)2)24-7-11(22)19-10-6-4-3-5-9(10)16/h3-6H,7H2,1-2H3,(H,19,22)(H,17,18,23). The number of hydrogen-bond donors (Lipinski definition) is 2. The van der Waals surface area contributed by atoms with E-state index in [1.807, 2.05) is 0 Å². The predicted octanol–water partition coefficient (Wildman–Crippen LogP) is 1.83. The second-order valence-electron chi connectivity index (χ2n) is 5.09. The molecular formula is C15H14FN5O2S. The van der Waals surface area contributed by atoms with Gasteiger partial charge in [0.05, 0.1) is 11.4 Å². The molecule has 0 saturated heterocycles. The number of nitrogens with zero attached hydrogens (tertiary/aromatic N) is 3. The van der Waals surface area contributed by atoms with E-state index in [0.717, 1.165) is 11.8 Å². The van der Waals surface area contributed by atoms with Gasteiger partial charge in [-0.15, -0.1) is 0 Å². The van der Waals surface area contributed by atoms with Gasteiger partial charge in [-0.3, -0.25) is 9.59 Å². The fraction of sp³-hybridized carbons (Fsp3) is 0.200. The summed E-state index contributed by atoms with van der Waals surface area (Å²) in [5, 5.41) is 2.98. The molecule has 3 aromatic rings. The summed E-state index contributed by atoms with van der Waals surface area (Å²) in [7, 11) is 1.72. The van der Waals surface area contributed by atoms with Crippen molar-refractivity contribution in [3.63, 3.8) is 0 Å². The molecule has 2 heterocycles. The molecule has 2 aromatic heterocycles. The second kappa shape index (κ2) is 6.44. The normalized spacial score (nSPS) is 11.0. The number of aryl methyl sites for hydroxylation is 2. The number of amides is 1. The van der Waals surface area contributed by atoms with Crippen molar-refractivity contribution in [3.05, 3.63) is 46.3 Å². The fourth-order valence-corrected chi connectivity index (χ4v) is 2.94. The van der Waals surface area contributed by atoms with Crippen molar-refractivity contribution in [2.45, 2.75) is 12.1 Å². The van der Waals surface area contributed by atoms with Crippen molar-refractivity contribution in [1.82, 2.24) is 19.5 Å². The molecule has 9 heteroatoms. The molecule has 2 N–H and O–H groups in total. The minimum atomic E-state index is -0.496. The Hall–Kier alpha value is -2.68. The lowest BCUT2D eigenvalue weighted by atomic mass is 10.3. The topological polar surface area (TPSA) is 92.7 Å². The van der Waals surface area contributed by atoms with Crippen molar-refractivity contribution in [2.75, 3.05) is 11.1 Å². The van der Waals surface area contributed by atoms with Crippen LogP contribution in [0.5, 0.6) is 0 Å². The van der Waals surface area contributed by atoms with Gasteiger partial charge in [0.15, 0.2) is 16.3 Å².